The van der Waals surface area contributed by atoms with Crippen LogP contribution in [0.3, 0.4) is 0 Å². The molecular weight excluding hydrogens is 542 g/mol. The second-order valence-electron chi connectivity index (χ2n) is 11.9. The second kappa shape index (κ2) is 9.56. The molecule has 14 nitrogen and oxygen atoms in total. The van der Waals surface area contributed by atoms with Gasteiger partial charge < -0.3 is 47.3 Å². The van der Waals surface area contributed by atoms with E-state index in [-0.39, 0.29) is 41.7 Å². The normalized spacial score (nSPS) is 28.2. The molecule has 1 aromatic carbocycles. The Morgan fingerprint density at radius 1 is 1.19 bits per heavy atom. The Hall–Kier alpha value is -4.43. The number of rotatable bonds is 5. The number of ether oxygens (including phenoxy) is 1. The molecule has 1 fully saturated rings. The molecule has 1 aromatic heterocycles. The summed E-state index contributed by atoms with van der Waals surface area (Å²) in [4.78, 5) is 40.9. The summed E-state index contributed by atoms with van der Waals surface area (Å²) in [7, 11) is 0. The molecule has 4 atom stereocenters. The van der Waals surface area contributed by atoms with Crippen molar-refractivity contribution in [2.24, 2.45) is 21.5 Å². The number of aromatic nitrogens is 1. The Morgan fingerprint density at radius 3 is 2.74 bits per heavy atom. The average molecular weight is 578 g/mol. The molecule has 222 valence electrons. The number of amides is 2. The molecule has 0 bridgehead atoms. The number of aliphatic hydroxyl groups is 2. The van der Waals surface area contributed by atoms with Crippen LogP contribution in [0.1, 0.15) is 52.2 Å². The maximum atomic E-state index is 13.6. The number of aliphatic imine (C=N–C) groups is 2. The minimum absolute atomic E-state index is 0.0250. The van der Waals surface area contributed by atoms with E-state index in [2.05, 4.69) is 44.8 Å². The molecule has 4 aliphatic rings. The zero-order chi connectivity index (χ0) is 30.0. The number of aryl methyl sites for hydroxylation is 1. The maximum Gasteiger partial charge on any atom is 0.269 e. The van der Waals surface area contributed by atoms with Gasteiger partial charge >= 0.3 is 0 Å². The molecule has 2 amide bonds. The molecule has 14 heteroatoms. The average Bonchev–Trinajstić information content (AvgIpc) is 3.40. The van der Waals surface area contributed by atoms with Crippen molar-refractivity contribution in [3.05, 3.63) is 58.9 Å². The molecule has 5 heterocycles. The summed E-state index contributed by atoms with van der Waals surface area (Å²) in [5.41, 5.74) is 12.8. The molecule has 0 radical (unpaired) electrons. The largest absolute Gasteiger partial charge is 0.492 e. The van der Waals surface area contributed by atoms with Crippen LogP contribution in [0.15, 0.2) is 46.5 Å². The van der Waals surface area contributed by atoms with E-state index in [1.165, 1.54) is 11.1 Å². The molecule has 4 aliphatic heterocycles. The molecule has 42 heavy (non-hydrogen) atoms. The number of nitrogens with zero attached hydrogens (tertiary/aromatic N) is 4. The van der Waals surface area contributed by atoms with Gasteiger partial charge in [0.05, 0.1) is 18.2 Å². The molecule has 0 saturated carbocycles. The van der Waals surface area contributed by atoms with Crippen molar-refractivity contribution in [2.45, 2.75) is 62.2 Å². The number of pyridine rings is 1. The number of nitrogens with two attached hydrogens (primary N) is 2. The SMILES string of the molecule is Cc1ccnc(C(=O)NC[C@@H]2N=C(N)N3CC(NC(=O)c4cccc5c4OCCC5(C)C)C(O)(O)[C@@]34NC(N)=N[C@@H]24)c1. The first kappa shape index (κ1) is 27.7. The number of carbonyl (C=O) groups is 2. The van der Waals surface area contributed by atoms with Crippen LogP contribution in [0.5, 0.6) is 5.75 Å². The monoisotopic (exact) mass is 577 g/mol. The van der Waals surface area contributed by atoms with Crippen LogP contribution in [0, 0.1) is 6.92 Å². The van der Waals surface area contributed by atoms with Gasteiger partial charge in [-0.2, -0.15) is 0 Å². The third-order valence-electron chi connectivity index (χ3n) is 8.69. The number of carbonyl (C=O) groups excluding carboxylic acids is 2. The van der Waals surface area contributed by atoms with Crippen LogP contribution in [-0.4, -0.2) is 93.1 Å². The third-order valence-corrected chi connectivity index (χ3v) is 8.69. The highest BCUT2D eigenvalue weighted by molar-refractivity contribution is 5.98. The van der Waals surface area contributed by atoms with E-state index in [1.54, 1.807) is 24.3 Å². The predicted octanol–water partition coefficient (Wildman–Crippen LogP) is -1.35. The van der Waals surface area contributed by atoms with E-state index in [9.17, 15) is 19.8 Å². The lowest BCUT2D eigenvalue weighted by Gasteiger charge is -2.49. The highest BCUT2D eigenvalue weighted by Gasteiger charge is 2.73. The Morgan fingerprint density at radius 2 is 1.98 bits per heavy atom. The van der Waals surface area contributed by atoms with Crippen LogP contribution in [0.2, 0.25) is 0 Å². The highest BCUT2D eigenvalue weighted by atomic mass is 16.5. The van der Waals surface area contributed by atoms with Gasteiger partial charge in [-0.3, -0.25) is 14.6 Å². The van der Waals surface area contributed by atoms with Gasteiger partial charge in [-0.25, -0.2) is 9.98 Å². The molecule has 6 rings (SSSR count). The molecule has 1 saturated heterocycles. The second-order valence-corrected chi connectivity index (χ2v) is 11.9. The number of hydrogen-bond acceptors (Lipinski definition) is 12. The number of benzene rings is 1. The van der Waals surface area contributed by atoms with Gasteiger partial charge in [-0.05, 0) is 42.5 Å². The lowest BCUT2D eigenvalue weighted by atomic mass is 9.79. The molecule has 0 aliphatic carbocycles. The lowest BCUT2D eigenvalue weighted by Crippen LogP contribution is -2.78. The maximum absolute atomic E-state index is 13.6. The molecule has 2 aromatic rings. The number of nitrogens with one attached hydrogen (secondary N) is 3. The fourth-order valence-corrected chi connectivity index (χ4v) is 6.38. The molecule has 1 unspecified atom stereocenters. The fourth-order valence-electron chi connectivity index (χ4n) is 6.38. The van der Waals surface area contributed by atoms with Gasteiger partial charge in [0, 0.05) is 24.8 Å². The molecule has 9 N–H and O–H groups in total. The van der Waals surface area contributed by atoms with E-state index >= 15 is 0 Å². The van der Waals surface area contributed by atoms with Gasteiger partial charge in [0.2, 0.25) is 5.79 Å². The van der Waals surface area contributed by atoms with Crippen molar-refractivity contribution in [3.8, 4) is 5.75 Å². The zero-order valence-corrected chi connectivity index (χ0v) is 23.6. The van der Waals surface area contributed by atoms with E-state index in [1.807, 2.05) is 13.0 Å². The van der Waals surface area contributed by atoms with E-state index in [0.717, 1.165) is 17.5 Å². The van der Waals surface area contributed by atoms with Gasteiger partial charge in [-0.1, -0.05) is 26.0 Å². The van der Waals surface area contributed by atoms with Crippen LogP contribution in [0.4, 0.5) is 0 Å². The summed E-state index contributed by atoms with van der Waals surface area (Å²) < 4.78 is 5.90. The number of hydrogen-bond donors (Lipinski definition) is 7. The Labute approximate surface area is 242 Å². The summed E-state index contributed by atoms with van der Waals surface area (Å²) in [5.74, 6) is -3.19. The van der Waals surface area contributed by atoms with Crippen molar-refractivity contribution < 1.29 is 24.5 Å². The first-order valence-electron chi connectivity index (χ1n) is 13.8. The van der Waals surface area contributed by atoms with E-state index < -0.39 is 41.4 Å². The quantitative estimate of drug-likeness (QED) is 0.208. The summed E-state index contributed by atoms with van der Waals surface area (Å²) >= 11 is 0. The van der Waals surface area contributed by atoms with Gasteiger partial charge in [0.25, 0.3) is 11.8 Å². The Balaban J connectivity index is 1.26. The van der Waals surface area contributed by atoms with E-state index in [4.69, 9.17) is 16.2 Å². The highest BCUT2D eigenvalue weighted by Crippen LogP contribution is 2.45. The van der Waals surface area contributed by atoms with Crippen LogP contribution in [-0.2, 0) is 5.41 Å². The topological polar surface area (TPSA) is 213 Å². The Bertz CT molecular complexity index is 1520. The molecule has 1 spiro atoms. The van der Waals surface area contributed by atoms with E-state index in [0.29, 0.717) is 12.4 Å². The number of para-hydroxylation sites is 1. The van der Waals surface area contributed by atoms with Crippen molar-refractivity contribution in [1.29, 1.82) is 0 Å². The number of guanidine groups is 2. The first-order valence-corrected chi connectivity index (χ1v) is 13.8. The van der Waals surface area contributed by atoms with Crippen molar-refractivity contribution in [3.63, 3.8) is 0 Å². The van der Waals surface area contributed by atoms with Gasteiger partial charge in [-0.15, -0.1) is 0 Å². The number of fused-ring (bicyclic) bond motifs is 1. The van der Waals surface area contributed by atoms with Gasteiger partial charge in [0.1, 0.15) is 23.5 Å². The summed E-state index contributed by atoms with van der Waals surface area (Å²) in [5, 5.41) is 31.9. The van der Waals surface area contributed by atoms with Crippen LogP contribution < -0.4 is 32.2 Å². The zero-order valence-electron chi connectivity index (χ0n) is 23.6. The van der Waals surface area contributed by atoms with Crippen LogP contribution >= 0.6 is 0 Å². The van der Waals surface area contributed by atoms with Crippen molar-refractivity contribution in [2.75, 3.05) is 19.7 Å². The summed E-state index contributed by atoms with van der Waals surface area (Å²) in [6.45, 7) is 6.35. The van der Waals surface area contributed by atoms with Crippen molar-refractivity contribution >= 4 is 23.7 Å². The first-order chi connectivity index (χ1) is 19.8. The Kier molecular flexibility index (Phi) is 6.31. The van der Waals surface area contributed by atoms with Crippen molar-refractivity contribution in [1.82, 2.24) is 25.8 Å². The fraction of sp³-hybridized carbons (Fsp3) is 0.464. The predicted molar refractivity (Wildman–Crippen MR) is 153 cm³/mol. The van der Waals surface area contributed by atoms with Gasteiger partial charge in [0.15, 0.2) is 17.6 Å². The minimum atomic E-state index is -2.62. The summed E-state index contributed by atoms with van der Waals surface area (Å²) in [6, 6.07) is 5.77. The third kappa shape index (κ3) is 4.12. The molecular formula is C28H35N9O5. The summed E-state index contributed by atoms with van der Waals surface area (Å²) in [6.07, 6.45) is 2.34. The van der Waals surface area contributed by atoms with Crippen LogP contribution in [0.25, 0.3) is 0 Å². The smallest absolute Gasteiger partial charge is 0.269 e. The lowest BCUT2D eigenvalue weighted by molar-refractivity contribution is -0.230. The minimum Gasteiger partial charge on any atom is -0.492 e. The standard InChI is InChI=1S/C28H35N9O5/c1-14-7-9-31-17(11-14)23(39)32-12-18-21-27(36-24(29)35-21)28(40,41)19(13-37(27)25(30)33-18)34-22(38)15-5-4-6-16-20(15)42-10-8-26(16,2)3/h4-7,9,11,18-19,21,40-41H,8,10,12-13H2,1-3H3,(H2,30,33)(H,32,39)(H,34,38)(H3,29,35,36)/t18-,19?,21-,27-/m0/s1.